The summed E-state index contributed by atoms with van der Waals surface area (Å²) in [6.07, 6.45) is 1.69. The molecular weight excluding hydrogens is 434 g/mol. The van der Waals surface area contributed by atoms with Gasteiger partial charge >= 0.3 is 0 Å². The second kappa shape index (κ2) is 8.42. The molecule has 6 nitrogen and oxygen atoms in total. The Bertz CT molecular complexity index is 1680. The first kappa shape index (κ1) is 21.3. The van der Waals surface area contributed by atoms with Crippen LogP contribution in [-0.4, -0.2) is 4.57 Å². The van der Waals surface area contributed by atoms with Crippen LogP contribution in [0.3, 0.4) is 0 Å². The van der Waals surface area contributed by atoms with Crippen molar-refractivity contribution >= 4 is 28.3 Å². The van der Waals surface area contributed by atoms with E-state index < -0.39 is 0 Å². The van der Waals surface area contributed by atoms with Gasteiger partial charge in [-0.15, -0.1) is 0 Å². The van der Waals surface area contributed by atoms with Gasteiger partial charge in [-0.05, 0) is 28.3 Å². The highest BCUT2D eigenvalue weighted by Gasteiger charge is 2.32. The number of hydrogen-bond donors (Lipinski definition) is 0. The van der Waals surface area contributed by atoms with Crippen molar-refractivity contribution in [2.75, 3.05) is 0 Å². The highest BCUT2D eigenvalue weighted by molar-refractivity contribution is 6.15. The fourth-order valence-electron chi connectivity index (χ4n) is 4.52. The van der Waals surface area contributed by atoms with Crippen LogP contribution < -0.4 is 0 Å². The van der Waals surface area contributed by atoms with Crippen LogP contribution in [0.15, 0.2) is 87.9 Å². The standard InChI is InChI=1S/C29H15N5O/c1-34-25(18-7-3-2-4-8-18)13-27-26(34)12-21(35-27)11-24-28(19(14-30)15-31)22-9-5-6-10-23(22)29(24)20(16-32)17-33/h2-13H,1H3. The maximum atomic E-state index is 9.66. The highest BCUT2D eigenvalue weighted by Crippen LogP contribution is 2.48. The molecule has 35 heavy (non-hydrogen) atoms. The van der Waals surface area contributed by atoms with E-state index in [4.69, 9.17) is 4.42 Å². The molecule has 0 amide bonds. The summed E-state index contributed by atoms with van der Waals surface area (Å²) in [7, 11) is 1.95. The van der Waals surface area contributed by atoms with E-state index in [0.717, 1.165) is 16.8 Å². The van der Waals surface area contributed by atoms with Crippen LogP contribution in [0.4, 0.5) is 0 Å². The van der Waals surface area contributed by atoms with Gasteiger partial charge in [-0.25, -0.2) is 0 Å². The molecule has 4 aromatic rings. The Morgan fingerprint density at radius 2 is 1.31 bits per heavy atom. The summed E-state index contributed by atoms with van der Waals surface area (Å²) in [4.78, 5) is 0. The topological polar surface area (TPSA) is 113 Å². The van der Waals surface area contributed by atoms with Crippen molar-refractivity contribution in [3.63, 3.8) is 0 Å². The molecule has 162 valence electrons. The number of hydrogen-bond acceptors (Lipinski definition) is 5. The molecule has 0 N–H and O–H groups in total. The molecule has 0 saturated carbocycles. The molecule has 0 fully saturated rings. The average Bonchev–Trinajstić information content (AvgIpc) is 3.53. The zero-order valence-corrected chi connectivity index (χ0v) is 18.6. The fraction of sp³-hybridized carbons (Fsp3) is 0.0345. The average molecular weight is 449 g/mol. The summed E-state index contributed by atoms with van der Waals surface area (Å²) in [5.74, 6) is 0.480. The molecule has 1 aliphatic carbocycles. The molecule has 1 aliphatic rings. The number of aromatic nitrogens is 1. The van der Waals surface area contributed by atoms with E-state index in [0.29, 0.717) is 39.2 Å². The molecule has 0 aliphatic heterocycles. The van der Waals surface area contributed by atoms with Crippen molar-refractivity contribution in [3.05, 3.63) is 100 Å². The smallest absolute Gasteiger partial charge is 0.153 e. The van der Waals surface area contributed by atoms with Gasteiger partial charge in [0, 0.05) is 30.3 Å². The van der Waals surface area contributed by atoms with E-state index in [2.05, 4.69) is 0 Å². The summed E-state index contributed by atoms with van der Waals surface area (Å²) in [5, 5.41) is 38.6. The first-order chi connectivity index (χ1) is 17.1. The minimum absolute atomic E-state index is 0.101. The van der Waals surface area contributed by atoms with Gasteiger partial charge in [0.25, 0.3) is 0 Å². The summed E-state index contributed by atoms with van der Waals surface area (Å²) in [5.41, 5.74) is 5.84. The predicted molar refractivity (Wildman–Crippen MR) is 131 cm³/mol. The Balaban J connectivity index is 1.76. The lowest BCUT2D eigenvalue weighted by Crippen LogP contribution is -1.91. The van der Waals surface area contributed by atoms with Crippen molar-refractivity contribution in [1.82, 2.24) is 4.57 Å². The van der Waals surface area contributed by atoms with Crippen molar-refractivity contribution in [3.8, 4) is 35.5 Å². The molecule has 0 bridgehead atoms. The molecule has 0 spiro atoms. The fourth-order valence-corrected chi connectivity index (χ4v) is 4.52. The van der Waals surface area contributed by atoms with Crippen LogP contribution in [0.1, 0.15) is 16.9 Å². The molecule has 6 heteroatoms. The maximum absolute atomic E-state index is 9.66. The summed E-state index contributed by atoms with van der Waals surface area (Å²) in [6, 6.07) is 28.7. The van der Waals surface area contributed by atoms with Crippen molar-refractivity contribution in [2.24, 2.45) is 7.05 Å². The van der Waals surface area contributed by atoms with Gasteiger partial charge < -0.3 is 8.98 Å². The van der Waals surface area contributed by atoms with Gasteiger partial charge in [-0.3, -0.25) is 0 Å². The van der Waals surface area contributed by atoms with Gasteiger partial charge in [-0.1, -0.05) is 54.6 Å². The van der Waals surface area contributed by atoms with Gasteiger partial charge in [0.1, 0.15) is 41.2 Å². The number of nitrogens with zero attached hydrogens (tertiary/aromatic N) is 5. The zero-order chi connectivity index (χ0) is 24.5. The lowest BCUT2D eigenvalue weighted by atomic mass is 9.96. The van der Waals surface area contributed by atoms with Crippen LogP contribution in [0, 0.1) is 45.3 Å². The van der Waals surface area contributed by atoms with Gasteiger partial charge in [-0.2, -0.15) is 21.0 Å². The summed E-state index contributed by atoms with van der Waals surface area (Å²) < 4.78 is 8.16. The molecule has 0 saturated heterocycles. The van der Waals surface area contributed by atoms with Gasteiger partial charge in [0.15, 0.2) is 5.58 Å². The number of allylic oxidation sites excluding steroid dienone is 5. The Hall–Kier alpha value is -5.56. The van der Waals surface area contributed by atoms with E-state index in [1.54, 1.807) is 30.3 Å². The third-order valence-electron chi connectivity index (χ3n) is 6.06. The minimum Gasteiger partial charge on any atom is -0.455 e. The van der Waals surface area contributed by atoms with Gasteiger partial charge in [0.05, 0.1) is 11.2 Å². The molecule has 2 heterocycles. The quantitative estimate of drug-likeness (QED) is 0.341. The number of rotatable bonds is 2. The normalized spacial score (nSPS) is 11.9. The SMILES string of the molecule is Cn1c(-c2ccccc2)cc2oc(C=C3C(=C(C#N)C#N)c4ccccc4C3=C(C#N)C#N)cc21. The second-order valence-corrected chi connectivity index (χ2v) is 7.90. The Morgan fingerprint density at radius 1 is 0.771 bits per heavy atom. The second-order valence-electron chi connectivity index (χ2n) is 7.90. The minimum atomic E-state index is -0.101. The molecule has 0 radical (unpaired) electrons. The third kappa shape index (κ3) is 3.32. The van der Waals surface area contributed by atoms with Crippen LogP contribution in [-0.2, 0) is 7.05 Å². The number of fused-ring (bicyclic) bond motifs is 2. The highest BCUT2D eigenvalue weighted by atomic mass is 16.3. The van der Waals surface area contributed by atoms with E-state index in [9.17, 15) is 21.0 Å². The van der Waals surface area contributed by atoms with E-state index >= 15 is 0 Å². The largest absolute Gasteiger partial charge is 0.455 e. The Morgan fingerprint density at radius 3 is 1.83 bits per heavy atom. The number of nitriles is 4. The van der Waals surface area contributed by atoms with Gasteiger partial charge in [0.2, 0.25) is 0 Å². The molecular formula is C29H15N5O. The molecule has 5 rings (SSSR count). The maximum Gasteiger partial charge on any atom is 0.153 e. The lowest BCUT2D eigenvalue weighted by molar-refractivity contribution is 0.604. The molecule has 0 atom stereocenters. The zero-order valence-electron chi connectivity index (χ0n) is 18.6. The summed E-state index contributed by atoms with van der Waals surface area (Å²) >= 11 is 0. The van der Waals surface area contributed by atoms with E-state index in [-0.39, 0.29) is 11.1 Å². The Kier molecular flexibility index (Phi) is 5.12. The van der Waals surface area contributed by atoms with Crippen molar-refractivity contribution in [2.45, 2.75) is 0 Å². The van der Waals surface area contributed by atoms with Crippen LogP contribution in [0.5, 0.6) is 0 Å². The molecule has 2 aromatic heterocycles. The first-order valence-electron chi connectivity index (χ1n) is 10.7. The number of furan rings is 1. The third-order valence-corrected chi connectivity index (χ3v) is 6.06. The number of aryl methyl sites for hydroxylation is 1. The Labute approximate surface area is 201 Å². The number of benzene rings is 2. The lowest BCUT2D eigenvalue weighted by Gasteiger charge is -2.05. The van der Waals surface area contributed by atoms with E-state index in [1.165, 1.54) is 0 Å². The van der Waals surface area contributed by atoms with Crippen molar-refractivity contribution in [1.29, 1.82) is 21.0 Å². The molecule has 0 unspecified atom stereocenters. The van der Waals surface area contributed by atoms with Crippen LogP contribution in [0.25, 0.3) is 39.6 Å². The first-order valence-corrected chi connectivity index (χ1v) is 10.7. The summed E-state index contributed by atoms with van der Waals surface area (Å²) in [6.45, 7) is 0. The van der Waals surface area contributed by atoms with Crippen molar-refractivity contribution < 1.29 is 4.42 Å². The monoisotopic (exact) mass is 449 g/mol. The van der Waals surface area contributed by atoms with Crippen LogP contribution in [0.2, 0.25) is 0 Å². The van der Waals surface area contributed by atoms with Crippen LogP contribution >= 0.6 is 0 Å². The van der Waals surface area contributed by atoms with E-state index in [1.807, 2.05) is 78.4 Å². The predicted octanol–water partition coefficient (Wildman–Crippen LogP) is 6.14. The molecule has 2 aromatic carbocycles.